The fraction of sp³-hybridized carbons (Fsp3) is 0.444. The highest BCUT2D eigenvalue weighted by molar-refractivity contribution is 5.42. The van der Waals surface area contributed by atoms with Crippen LogP contribution in [0.3, 0.4) is 0 Å². The number of nitro groups is 1. The Balaban J connectivity index is 3.00. The highest BCUT2D eigenvalue weighted by Crippen LogP contribution is 2.17. The Bertz CT molecular complexity index is 360. The Morgan fingerprint density at radius 3 is 2.71 bits per heavy atom. The van der Waals surface area contributed by atoms with Crippen LogP contribution in [0.1, 0.15) is 26.5 Å². The quantitative estimate of drug-likeness (QED) is 0.534. The monoisotopic (exact) mass is 195 g/mol. The van der Waals surface area contributed by atoms with Crippen LogP contribution < -0.4 is 0 Å². The molecule has 1 rings (SSSR count). The zero-order chi connectivity index (χ0) is 10.8. The van der Waals surface area contributed by atoms with E-state index in [2.05, 4.69) is 4.98 Å². The van der Waals surface area contributed by atoms with Crippen LogP contribution in [0.4, 0.5) is 0 Å². The van der Waals surface area contributed by atoms with Crippen LogP contribution in [0.15, 0.2) is 18.7 Å². The summed E-state index contributed by atoms with van der Waals surface area (Å²) in [6.45, 7) is 6.04. The summed E-state index contributed by atoms with van der Waals surface area (Å²) in [4.78, 5) is 13.6. The van der Waals surface area contributed by atoms with Crippen LogP contribution in [-0.2, 0) is 5.54 Å². The van der Waals surface area contributed by atoms with Crippen LogP contribution in [0.25, 0.3) is 6.08 Å². The lowest BCUT2D eigenvalue weighted by atomic mass is 10.1. The second-order valence-corrected chi connectivity index (χ2v) is 3.96. The number of rotatable bonds is 2. The van der Waals surface area contributed by atoms with Gasteiger partial charge in [-0.1, -0.05) is 0 Å². The lowest BCUT2D eigenvalue weighted by molar-refractivity contribution is -0.401. The van der Waals surface area contributed by atoms with Crippen molar-refractivity contribution in [3.05, 3.63) is 34.5 Å². The van der Waals surface area contributed by atoms with E-state index in [1.54, 1.807) is 12.5 Å². The molecule has 0 aliphatic heterocycles. The van der Waals surface area contributed by atoms with Gasteiger partial charge in [0.05, 0.1) is 23.1 Å². The minimum atomic E-state index is -0.486. The molecule has 0 saturated carbocycles. The lowest BCUT2D eigenvalue weighted by Crippen LogP contribution is -2.21. The molecule has 14 heavy (non-hydrogen) atoms. The number of hydrogen-bond acceptors (Lipinski definition) is 3. The second kappa shape index (κ2) is 3.61. The highest BCUT2D eigenvalue weighted by atomic mass is 16.6. The summed E-state index contributed by atoms with van der Waals surface area (Å²) in [6, 6.07) is 0. The molecule has 5 heteroatoms. The first-order valence-corrected chi connectivity index (χ1v) is 4.26. The summed E-state index contributed by atoms with van der Waals surface area (Å²) in [5, 5.41) is 10.1. The zero-order valence-corrected chi connectivity index (χ0v) is 8.47. The molecule has 1 heterocycles. The first kappa shape index (κ1) is 10.4. The minimum absolute atomic E-state index is 0.118. The van der Waals surface area contributed by atoms with Crippen molar-refractivity contribution in [2.75, 3.05) is 0 Å². The van der Waals surface area contributed by atoms with E-state index in [1.807, 2.05) is 25.3 Å². The molecule has 76 valence electrons. The van der Waals surface area contributed by atoms with Crippen molar-refractivity contribution in [1.82, 2.24) is 9.55 Å². The molecular weight excluding hydrogens is 182 g/mol. The van der Waals surface area contributed by atoms with Gasteiger partial charge in [-0.15, -0.1) is 0 Å². The first-order chi connectivity index (χ1) is 6.41. The van der Waals surface area contributed by atoms with Crippen LogP contribution in [-0.4, -0.2) is 14.5 Å². The minimum Gasteiger partial charge on any atom is -0.326 e. The van der Waals surface area contributed by atoms with Crippen molar-refractivity contribution in [2.24, 2.45) is 0 Å². The maximum Gasteiger partial charge on any atom is 0.236 e. The smallest absolute Gasteiger partial charge is 0.236 e. The average molecular weight is 195 g/mol. The number of nitrogens with zero attached hydrogens (tertiary/aromatic N) is 3. The van der Waals surface area contributed by atoms with Crippen LogP contribution >= 0.6 is 0 Å². The van der Waals surface area contributed by atoms with Crippen molar-refractivity contribution in [1.29, 1.82) is 0 Å². The molecule has 0 amide bonds. The van der Waals surface area contributed by atoms with Gasteiger partial charge in [0.2, 0.25) is 6.20 Å². The molecular formula is C9H13N3O2. The van der Waals surface area contributed by atoms with Crippen molar-refractivity contribution in [3.63, 3.8) is 0 Å². The average Bonchev–Trinajstić information content (AvgIpc) is 2.46. The highest BCUT2D eigenvalue weighted by Gasteiger charge is 2.14. The maximum absolute atomic E-state index is 10.1. The van der Waals surface area contributed by atoms with Crippen LogP contribution in [0, 0.1) is 10.1 Å². The van der Waals surface area contributed by atoms with Gasteiger partial charge in [-0.25, -0.2) is 4.98 Å². The first-order valence-electron chi connectivity index (χ1n) is 4.26. The number of hydrogen-bond donors (Lipinski definition) is 0. The Hall–Kier alpha value is -1.65. The molecule has 0 saturated heterocycles. The third-order valence-electron chi connectivity index (χ3n) is 1.76. The van der Waals surface area contributed by atoms with E-state index in [0.717, 1.165) is 11.9 Å². The SMILES string of the molecule is CC(C)(C)n1cncc1C=C[N+](=O)[O-]. The molecule has 0 aromatic carbocycles. The molecule has 5 nitrogen and oxygen atoms in total. The fourth-order valence-electron chi connectivity index (χ4n) is 1.13. The summed E-state index contributed by atoms with van der Waals surface area (Å²) in [6.07, 6.45) is 5.63. The van der Waals surface area contributed by atoms with E-state index in [-0.39, 0.29) is 5.54 Å². The van der Waals surface area contributed by atoms with Gasteiger partial charge in [0.15, 0.2) is 0 Å². The molecule has 1 aromatic heterocycles. The number of aromatic nitrogens is 2. The summed E-state index contributed by atoms with van der Waals surface area (Å²) in [5.41, 5.74) is 0.612. The van der Waals surface area contributed by atoms with E-state index in [4.69, 9.17) is 0 Å². The normalized spacial score (nSPS) is 12.2. The predicted octanol–water partition coefficient (Wildman–Crippen LogP) is 1.89. The fourth-order valence-corrected chi connectivity index (χ4v) is 1.13. The van der Waals surface area contributed by atoms with Crippen molar-refractivity contribution >= 4 is 6.08 Å². The Kier molecular flexibility index (Phi) is 2.69. The third-order valence-corrected chi connectivity index (χ3v) is 1.76. The van der Waals surface area contributed by atoms with Crippen molar-refractivity contribution in [2.45, 2.75) is 26.3 Å². The molecule has 0 N–H and O–H groups in total. The van der Waals surface area contributed by atoms with Gasteiger partial charge < -0.3 is 4.57 Å². The van der Waals surface area contributed by atoms with Gasteiger partial charge in [0.25, 0.3) is 0 Å². The molecule has 0 aliphatic rings. The van der Waals surface area contributed by atoms with Crippen LogP contribution in [0.5, 0.6) is 0 Å². The van der Waals surface area contributed by atoms with E-state index in [1.165, 1.54) is 6.08 Å². The summed E-state index contributed by atoms with van der Waals surface area (Å²) in [7, 11) is 0. The van der Waals surface area contributed by atoms with Crippen molar-refractivity contribution < 1.29 is 4.92 Å². The molecule has 0 unspecified atom stereocenters. The van der Waals surface area contributed by atoms with Crippen molar-refractivity contribution in [3.8, 4) is 0 Å². The van der Waals surface area contributed by atoms with E-state index < -0.39 is 4.92 Å². The van der Waals surface area contributed by atoms with Gasteiger partial charge in [0.1, 0.15) is 0 Å². The number of imidazole rings is 1. The zero-order valence-electron chi connectivity index (χ0n) is 8.47. The molecule has 1 aromatic rings. The Labute approximate surface area is 82.2 Å². The van der Waals surface area contributed by atoms with Crippen LogP contribution in [0.2, 0.25) is 0 Å². The summed E-state index contributed by atoms with van der Waals surface area (Å²) >= 11 is 0. The summed E-state index contributed by atoms with van der Waals surface area (Å²) < 4.78 is 1.88. The van der Waals surface area contributed by atoms with Gasteiger partial charge in [-0.2, -0.15) is 0 Å². The molecule has 0 atom stereocenters. The Morgan fingerprint density at radius 1 is 1.57 bits per heavy atom. The standard InChI is InChI=1S/C9H13N3O2/c1-9(2,3)11-7-10-6-8(11)4-5-12(13)14/h4-7H,1-3H3. The second-order valence-electron chi connectivity index (χ2n) is 3.96. The molecule has 0 bridgehead atoms. The topological polar surface area (TPSA) is 61.0 Å². The van der Waals surface area contributed by atoms with E-state index in [0.29, 0.717) is 0 Å². The maximum atomic E-state index is 10.1. The van der Waals surface area contributed by atoms with Gasteiger partial charge >= 0.3 is 0 Å². The van der Waals surface area contributed by atoms with Gasteiger partial charge in [-0.3, -0.25) is 10.1 Å². The van der Waals surface area contributed by atoms with E-state index >= 15 is 0 Å². The third kappa shape index (κ3) is 2.42. The van der Waals surface area contributed by atoms with Gasteiger partial charge in [-0.05, 0) is 20.8 Å². The molecule has 0 fully saturated rings. The molecule has 0 radical (unpaired) electrons. The summed E-state index contributed by atoms with van der Waals surface area (Å²) in [5.74, 6) is 0. The Morgan fingerprint density at radius 2 is 2.21 bits per heavy atom. The van der Waals surface area contributed by atoms with E-state index in [9.17, 15) is 10.1 Å². The van der Waals surface area contributed by atoms with Gasteiger partial charge in [0, 0.05) is 11.6 Å². The lowest BCUT2D eigenvalue weighted by Gasteiger charge is -2.22. The molecule has 0 aliphatic carbocycles. The largest absolute Gasteiger partial charge is 0.326 e. The molecule has 0 spiro atoms. The predicted molar refractivity (Wildman–Crippen MR) is 53.3 cm³/mol.